The molecule has 0 aliphatic rings. The average molecular weight is 359 g/mol. The van der Waals surface area contributed by atoms with Gasteiger partial charge in [0, 0.05) is 0 Å². The number of hydrogen-bond acceptors (Lipinski definition) is 0. The van der Waals surface area contributed by atoms with Crippen LogP contribution in [0.4, 0.5) is 0 Å². The molecule has 0 aliphatic carbocycles. The molecular weight excluding hydrogens is 334 g/mol. The maximum atomic E-state index is 2.37. The maximum Gasteiger partial charge on any atom is 3.00 e. The zero-order valence-corrected chi connectivity index (χ0v) is 17.7. The summed E-state index contributed by atoms with van der Waals surface area (Å²) in [5.74, 6) is 0. The second kappa shape index (κ2) is 13.3. The Balaban J connectivity index is -0.0000000992. The van der Waals surface area contributed by atoms with Crippen LogP contribution in [0.1, 0.15) is 22.3 Å². The summed E-state index contributed by atoms with van der Waals surface area (Å²) in [7, 11) is 0.556. The van der Waals surface area contributed by atoms with Gasteiger partial charge in [-0.25, -0.2) is 0 Å². The van der Waals surface area contributed by atoms with Crippen LogP contribution in [-0.2, 0) is 21.7 Å². The molecule has 18 heavy (non-hydrogen) atoms. The summed E-state index contributed by atoms with van der Waals surface area (Å²) in [6.45, 7) is 18.1. The van der Waals surface area contributed by atoms with Gasteiger partial charge in [0.05, 0.1) is 8.46 Å². The van der Waals surface area contributed by atoms with E-state index in [1.54, 1.807) is 0 Å². The minimum atomic E-state index is 0. The van der Waals surface area contributed by atoms with Crippen molar-refractivity contribution in [1.82, 2.24) is 0 Å². The van der Waals surface area contributed by atoms with Crippen LogP contribution in [0.5, 0.6) is 0 Å². The van der Waals surface area contributed by atoms with E-state index in [4.69, 9.17) is 0 Å². The number of halogens is 2. The molecule has 1 rings (SSSR count). The second-order valence-corrected chi connectivity index (χ2v) is 13.7. The summed E-state index contributed by atoms with van der Waals surface area (Å²) in [4.78, 5) is 0. The van der Waals surface area contributed by atoms with E-state index >= 15 is 0 Å². The van der Waals surface area contributed by atoms with Gasteiger partial charge in [0.1, 0.15) is 0 Å². The molecule has 0 saturated carbocycles. The first kappa shape index (κ1) is 27.6. The molecule has 2 radical (unpaired) electrons. The Bertz CT molecular complexity index is 284. The Morgan fingerprint density at radius 3 is 1.11 bits per heavy atom. The minimum absolute atomic E-state index is 0. The van der Waals surface area contributed by atoms with Crippen LogP contribution < -0.4 is 24.8 Å². The summed E-state index contributed by atoms with van der Waals surface area (Å²) in [5, 5.41) is 0. The fraction of sp³-hybridized carbons (Fsp3) is 0.615. The van der Waals surface area contributed by atoms with Crippen LogP contribution in [0, 0.1) is 27.7 Å². The minimum Gasteiger partial charge on any atom is -1.00 e. The van der Waals surface area contributed by atoms with Gasteiger partial charge < -0.3 is 24.8 Å². The van der Waals surface area contributed by atoms with Crippen molar-refractivity contribution in [1.29, 1.82) is 0 Å². The zero-order valence-electron chi connectivity index (χ0n) is 12.8. The Morgan fingerprint density at radius 2 is 1.06 bits per heavy atom. The Kier molecular flexibility index (Phi) is 20.4. The third-order valence-corrected chi connectivity index (χ3v) is 10.2. The van der Waals surface area contributed by atoms with Crippen molar-refractivity contribution in [2.24, 2.45) is 0 Å². The Hall–Kier alpha value is 1.29. The van der Waals surface area contributed by atoms with Crippen molar-refractivity contribution in [2.75, 3.05) is 13.3 Å². The first-order valence-corrected chi connectivity index (χ1v) is 11.0. The van der Waals surface area contributed by atoms with E-state index in [2.05, 4.69) is 60.2 Å². The van der Waals surface area contributed by atoms with E-state index in [9.17, 15) is 0 Å². The third kappa shape index (κ3) is 10.1. The number of hydrogen-bond donors (Lipinski definition) is 0. The molecule has 0 aliphatic heterocycles. The molecule has 0 spiro atoms. The summed E-state index contributed by atoms with van der Waals surface area (Å²) in [5.41, 5.74) is 5.75. The third-order valence-electron chi connectivity index (χ3n) is 3.07. The van der Waals surface area contributed by atoms with Gasteiger partial charge in [-0.2, -0.15) is 28.3 Å². The summed E-state index contributed by atoms with van der Waals surface area (Å²) < 4.78 is 0. The quantitative estimate of drug-likeness (QED) is 0.330. The van der Waals surface area contributed by atoms with Crippen molar-refractivity contribution in [3.63, 3.8) is 0 Å². The second-order valence-electron chi connectivity index (χ2n) is 4.60. The molecule has 0 fully saturated rings. The Morgan fingerprint density at radius 1 is 0.833 bits per heavy atom. The maximum absolute atomic E-state index is 2.37. The fourth-order valence-electron chi connectivity index (χ4n) is 1.13. The van der Waals surface area contributed by atoms with Crippen LogP contribution in [0.2, 0.25) is 13.1 Å². The molecule has 0 nitrogen and oxygen atoms in total. The van der Waals surface area contributed by atoms with Crippen molar-refractivity contribution in [3.05, 3.63) is 28.3 Å². The van der Waals surface area contributed by atoms with Gasteiger partial charge in [-0.1, -0.05) is 40.8 Å². The predicted octanol–water partition coefficient (Wildman–Crippen LogP) is -1.38. The van der Waals surface area contributed by atoms with E-state index in [0.29, 0.717) is 7.47 Å². The number of rotatable bonds is 1. The van der Waals surface area contributed by atoms with Crippen molar-refractivity contribution >= 4 is 15.9 Å². The van der Waals surface area contributed by atoms with Gasteiger partial charge >= 0.3 is 21.7 Å². The molecule has 0 saturated heterocycles. The molecule has 0 aromatic heterocycles. The molecule has 0 amide bonds. The average Bonchev–Trinajstić information content (AvgIpc) is 2.34. The predicted molar refractivity (Wildman–Crippen MR) is 77.2 cm³/mol. The van der Waals surface area contributed by atoms with E-state index < -0.39 is 0 Å². The van der Waals surface area contributed by atoms with Crippen LogP contribution in [0.3, 0.4) is 0 Å². The van der Waals surface area contributed by atoms with Gasteiger partial charge in [0.2, 0.25) is 0 Å². The van der Waals surface area contributed by atoms with Crippen LogP contribution in [0.25, 0.3) is 0 Å². The first-order valence-electron chi connectivity index (χ1n) is 5.45. The zero-order chi connectivity index (χ0) is 12.2. The largest absolute Gasteiger partial charge is 3.00 e. The molecule has 104 valence electrons. The van der Waals surface area contributed by atoms with E-state index in [1.165, 1.54) is 22.3 Å². The van der Waals surface area contributed by atoms with Gasteiger partial charge in [-0.3, -0.25) is 0 Å². The molecule has 1 aromatic rings. The summed E-state index contributed by atoms with van der Waals surface area (Å²) in [6, 6.07) is 2.24. The van der Waals surface area contributed by atoms with Gasteiger partial charge in [-0.05, 0) is 13.3 Å². The Labute approximate surface area is 144 Å². The summed E-state index contributed by atoms with van der Waals surface area (Å²) in [6.07, 6.45) is 0. The molecule has 5 heteroatoms. The summed E-state index contributed by atoms with van der Waals surface area (Å²) >= 11 is 0. The SMILES string of the molecule is C[Si](C)P(C)C.Cc1[cH-]c(C)c(C)c1C.[Cl-].[Cl-].[Ti+3]. The van der Waals surface area contributed by atoms with Gasteiger partial charge in [-0.15, -0.1) is 7.47 Å². The molecule has 0 unspecified atom stereocenters. The molecule has 0 heterocycles. The molecule has 0 atom stereocenters. The molecular formula is C13H25Cl2PSiTi. The topological polar surface area (TPSA) is 0 Å². The number of aryl methyl sites for hydroxylation is 2. The molecule has 1 aromatic carbocycles. The normalized spacial score (nSPS) is 8.78. The van der Waals surface area contributed by atoms with E-state index in [-0.39, 0.29) is 55.0 Å². The van der Waals surface area contributed by atoms with Crippen LogP contribution in [-0.4, -0.2) is 21.8 Å². The monoisotopic (exact) mass is 358 g/mol. The van der Waals surface area contributed by atoms with Gasteiger partial charge in [0.25, 0.3) is 0 Å². The molecule has 0 bridgehead atoms. The van der Waals surface area contributed by atoms with Crippen molar-refractivity contribution < 1.29 is 46.5 Å². The van der Waals surface area contributed by atoms with Crippen molar-refractivity contribution in [3.8, 4) is 0 Å². The molecule has 0 N–H and O–H groups in total. The smallest absolute Gasteiger partial charge is 1.00 e. The van der Waals surface area contributed by atoms with E-state index in [0.717, 1.165) is 0 Å². The fourth-order valence-corrected chi connectivity index (χ4v) is 1.13. The standard InChI is InChI=1S/C9H13.C4H12PSi.2ClH.Ti/c1-6-5-7(2)9(4)8(6)3;1-5(2)6(3)4;;;/h5H,1-4H3;1-4H3;2*1H;/q-1;;;;+3/p-2. The van der Waals surface area contributed by atoms with Crippen molar-refractivity contribution in [2.45, 2.75) is 40.8 Å². The van der Waals surface area contributed by atoms with Crippen LogP contribution in [0.15, 0.2) is 6.07 Å². The first-order chi connectivity index (χ1) is 6.77. The van der Waals surface area contributed by atoms with Crippen LogP contribution >= 0.6 is 7.47 Å². The van der Waals surface area contributed by atoms with Gasteiger partial charge in [0.15, 0.2) is 0 Å². The van der Waals surface area contributed by atoms with E-state index in [1.807, 2.05) is 0 Å².